The summed E-state index contributed by atoms with van der Waals surface area (Å²) in [6.45, 7) is 6.34. The summed E-state index contributed by atoms with van der Waals surface area (Å²) in [7, 11) is 0. The van der Waals surface area contributed by atoms with Crippen LogP contribution in [0.4, 0.5) is 0 Å². The molecule has 1 fully saturated rings. The molecule has 0 aliphatic carbocycles. The topological polar surface area (TPSA) is 75.3 Å². The first-order valence-electron chi connectivity index (χ1n) is 10.2. The van der Waals surface area contributed by atoms with E-state index in [2.05, 4.69) is 31.5 Å². The van der Waals surface area contributed by atoms with Crippen molar-refractivity contribution in [3.05, 3.63) is 54.4 Å². The average Bonchev–Trinajstić information content (AvgIpc) is 3.44. The van der Waals surface area contributed by atoms with E-state index in [-0.39, 0.29) is 0 Å². The number of H-pyrrole nitrogens is 1. The molecule has 3 aromatic rings. The second-order valence-corrected chi connectivity index (χ2v) is 7.55. The number of pyridine rings is 1. The van der Waals surface area contributed by atoms with Gasteiger partial charge in [0.15, 0.2) is 0 Å². The molecule has 2 aliphatic rings. The smallest absolute Gasteiger partial charge is 0.219 e. The van der Waals surface area contributed by atoms with Gasteiger partial charge in [0.25, 0.3) is 0 Å². The molecule has 5 rings (SSSR count). The van der Waals surface area contributed by atoms with Crippen LogP contribution in [-0.2, 0) is 0 Å². The van der Waals surface area contributed by atoms with Crippen LogP contribution in [0.5, 0.6) is 17.4 Å². The second-order valence-electron chi connectivity index (χ2n) is 7.55. The third kappa shape index (κ3) is 4.11. The van der Waals surface area contributed by atoms with E-state index in [1.54, 1.807) is 12.4 Å². The van der Waals surface area contributed by atoms with Gasteiger partial charge < -0.3 is 19.7 Å². The molecule has 0 saturated carbocycles. The molecule has 150 valence electrons. The van der Waals surface area contributed by atoms with Gasteiger partial charge in [0, 0.05) is 67.8 Å². The lowest BCUT2D eigenvalue weighted by atomic mass is 9.97. The lowest BCUT2D eigenvalue weighted by Gasteiger charge is -2.27. The number of benzene rings is 1. The van der Waals surface area contributed by atoms with E-state index in [4.69, 9.17) is 9.47 Å². The van der Waals surface area contributed by atoms with Gasteiger partial charge in [-0.3, -0.25) is 5.10 Å². The maximum Gasteiger partial charge on any atom is 0.219 e. The number of nitrogens with zero attached hydrogens (tertiary/aromatic N) is 3. The molecule has 0 radical (unpaired) electrons. The van der Waals surface area contributed by atoms with Gasteiger partial charge in [0.1, 0.15) is 11.5 Å². The van der Waals surface area contributed by atoms with Crippen LogP contribution in [0, 0.1) is 0 Å². The molecule has 2 N–H and O–H groups in total. The Hall–Kier alpha value is -2.90. The highest BCUT2D eigenvalue weighted by Gasteiger charge is 2.25. The van der Waals surface area contributed by atoms with Crippen LogP contribution in [0.15, 0.2) is 48.8 Å². The summed E-state index contributed by atoms with van der Waals surface area (Å²) in [4.78, 5) is 6.93. The fourth-order valence-corrected chi connectivity index (χ4v) is 3.97. The van der Waals surface area contributed by atoms with Crippen molar-refractivity contribution in [1.82, 2.24) is 25.4 Å². The van der Waals surface area contributed by atoms with Crippen LogP contribution >= 0.6 is 0 Å². The van der Waals surface area contributed by atoms with Crippen molar-refractivity contribution in [1.29, 1.82) is 0 Å². The first-order chi connectivity index (χ1) is 14.3. The van der Waals surface area contributed by atoms with Crippen LogP contribution in [0.1, 0.15) is 17.9 Å². The quantitative estimate of drug-likeness (QED) is 0.673. The zero-order valence-electron chi connectivity index (χ0n) is 16.3. The zero-order chi connectivity index (χ0) is 19.5. The van der Waals surface area contributed by atoms with Gasteiger partial charge in [-0.25, -0.2) is 4.98 Å². The zero-order valence-corrected chi connectivity index (χ0v) is 16.3. The molecular weight excluding hydrogens is 366 g/mol. The van der Waals surface area contributed by atoms with Gasteiger partial charge in [0.05, 0.1) is 12.3 Å². The van der Waals surface area contributed by atoms with Gasteiger partial charge in [-0.2, -0.15) is 5.10 Å². The van der Waals surface area contributed by atoms with E-state index in [1.807, 2.05) is 30.3 Å². The first-order valence-corrected chi connectivity index (χ1v) is 10.2. The van der Waals surface area contributed by atoms with Gasteiger partial charge in [-0.15, -0.1) is 0 Å². The summed E-state index contributed by atoms with van der Waals surface area (Å²) in [5, 5.41) is 10.3. The Morgan fingerprint density at radius 3 is 2.86 bits per heavy atom. The second kappa shape index (κ2) is 8.23. The van der Waals surface area contributed by atoms with Crippen molar-refractivity contribution in [2.24, 2.45) is 0 Å². The molecular formula is C22H25N5O2. The fraction of sp³-hybridized carbons (Fsp3) is 0.364. The van der Waals surface area contributed by atoms with Crippen molar-refractivity contribution in [3.8, 4) is 28.6 Å². The highest BCUT2D eigenvalue weighted by atomic mass is 16.5. The molecule has 1 aromatic carbocycles. The van der Waals surface area contributed by atoms with Gasteiger partial charge in [-0.1, -0.05) is 6.07 Å². The van der Waals surface area contributed by atoms with Crippen LogP contribution in [0.25, 0.3) is 11.3 Å². The Kier molecular flexibility index (Phi) is 5.15. The van der Waals surface area contributed by atoms with Gasteiger partial charge >= 0.3 is 0 Å². The number of aromatic nitrogens is 3. The molecule has 0 bridgehead atoms. The Labute approximate surface area is 170 Å². The molecule has 0 amide bonds. The minimum absolute atomic E-state index is 0.459. The summed E-state index contributed by atoms with van der Waals surface area (Å²) >= 11 is 0. The molecule has 4 heterocycles. The third-order valence-corrected chi connectivity index (χ3v) is 5.64. The molecule has 2 aromatic heterocycles. The maximum absolute atomic E-state index is 5.96. The third-order valence-electron chi connectivity index (χ3n) is 5.64. The highest BCUT2D eigenvalue weighted by molar-refractivity contribution is 5.57. The molecule has 1 atom stereocenters. The fourth-order valence-electron chi connectivity index (χ4n) is 3.97. The normalized spacial score (nSPS) is 19.0. The van der Waals surface area contributed by atoms with E-state index in [0.29, 0.717) is 11.8 Å². The number of aromatic amines is 1. The molecule has 7 heteroatoms. The number of ether oxygens (including phenoxy) is 2. The number of fused-ring (bicyclic) bond motifs is 1. The predicted molar refractivity (Wildman–Crippen MR) is 110 cm³/mol. The first kappa shape index (κ1) is 18.1. The summed E-state index contributed by atoms with van der Waals surface area (Å²) in [6.07, 6.45) is 4.63. The lowest BCUT2D eigenvalue weighted by Crippen LogP contribution is -2.44. The molecule has 1 unspecified atom stereocenters. The van der Waals surface area contributed by atoms with Crippen LogP contribution in [-0.4, -0.2) is 59.4 Å². The lowest BCUT2D eigenvalue weighted by molar-refractivity contribution is 0.225. The standard InChI is InChI=1S/C22H25N5O2/c1-4-22(24-14-16(1)20-5-7-25-26-20)29-18-2-3-19-17(15-28-21(19)13-18)6-10-27-11-8-23-9-12-27/h1-5,7,13-14,17,23H,6,8-12,15H2,(H,25,26). The van der Waals surface area contributed by atoms with Crippen molar-refractivity contribution in [3.63, 3.8) is 0 Å². The van der Waals surface area contributed by atoms with E-state index in [0.717, 1.165) is 68.5 Å². The molecule has 2 aliphatic heterocycles. The monoisotopic (exact) mass is 391 g/mol. The Balaban J connectivity index is 1.22. The number of nitrogens with one attached hydrogen (secondary N) is 2. The van der Waals surface area contributed by atoms with E-state index in [1.165, 1.54) is 5.56 Å². The summed E-state index contributed by atoms with van der Waals surface area (Å²) < 4.78 is 11.9. The van der Waals surface area contributed by atoms with E-state index in [9.17, 15) is 0 Å². The highest BCUT2D eigenvalue weighted by Crippen LogP contribution is 2.39. The molecule has 0 spiro atoms. The maximum atomic E-state index is 5.96. The van der Waals surface area contributed by atoms with Gasteiger partial charge in [-0.05, 0) is 31.2 Å². The number of hydrogen-bond donors (Lipinski definition) is 2. The van der Waals surface area contributed by atoms with E-state index < -0.39 is 0 Å². The molecule has 29 heavy (non-hydrogen) atoms. The van der Waals surface area contributed by atoms with Crippen LogP contribution < -0.4 is 14.8 Å². The summed E-state index contributed by atoms with van der Waals surface area (Å²) in [6, 6.07) is 11.9. The van der Waals surface area contributed by atoms with Gasteiger partial charge in [0.2, 0.25) is 5.88 Å². The van der Waals surface area contributed by atoms with Crippen molar-refractivity contribution in [2.45, 2.75) is 12.3 Å². The minimum Gasteiger partial charge on any atom is -0.493 e. The number of rotatable bonds is 6. The van der Waals surface area contributed by atoms with Crippen molar-refractivity contribution >= 4 is 0 Å². The Bertz CT molecular complexity index is 936. The summed E-state index contributed by atoms with van der Waals surface area (Å²) in [5.74, 6) is 2.69. The largest absolute Gasteiger partial charge is 0.493 e. The SMILES string of the molecule is c1cc(-c2ccc(Oc3ccc4c(c3)OCC4CCN3CCNCC3)nc2)[nH]n1. The van der Waals surface area contributed by atoms with Crippen molar-refractivity contribution < 1.29 is 9.47 Å². The predicted octanol–water partition coefficient (Wildman–Crippen LogP) is 3.04. The minimum atomic E-state index is 0.459. The summed E-state index contributed by atoms with van der Waals surface area (Å²) in [5.41, 5.74) is 3.19. The molecule has 7 nitrogen and oxygen atoms in total. The van der Waals surface area contributed by atoms with E-state index >= 15 is 0 Å². The Morgan fingerprint density at radius 1 is 1.14 bits per heavy atom. The van der Waals surface area contributed by atoms with Crippen LogP contribution in [0.2, 0.25) is 0 Å². The average molecular weight is 391 g/mol. The number of piperazine rings is 1. The van der Waals surface area contributed by atoms with Crippen LogP contribution in [0.3, 0.4) is 0 Å². The van der Waals surface area contributed by atoms with Crippen molar-refractivity contribution in [2.75, 3.05) is 39.3 Å². The Morgan fingerprint density at radius 2 is 2.07 bits per heavy atom. The number of hydrogen-bond acceptors (Lipinski definition) is 6. The molecule has 1 saturated heterocycles.